The number of rotatable bonds is 0. The minimum Gasteiger partial charge on any atom is -0.338 e. The molecule has 1 heterocycles. The number of hydrogen-bond donors (Lipinski definition) is 1. The minimum atomic E-state index is -0.338. The minimum absolute atomic E-state index is 0.338. The van der Waals surface area contributed by atoms with Crippen molar-refractivity contribution in [3.8, 4) is 0 Å². The lowest BCUT2D eigenvalue weighted by molar-refractivity contribution is 0.591. The second-order valence-corrected chi connectivity index (χ2v) is 0.948. The Morgan fingerprint density at radius 2 is 2.67 bits per heavy atom. The highest BCUT2D eigenvalue weighted by atomic mass is 19.1. The molecular weight excluding hydrogens is 81.0 g/mol. The van der Waals surface area contributed by atoms with Gasteiger partial charge in [0.05, 0.1) is 0 Å². The van der Waals surface area contributed by atoms with Crippen molar-refractivity contribution in [3.05, 3.63) is 24.3 Å². The van der Waals surface area contributed by atoms with Crippen LogP contribution in [0.2, 0.25) is 0 Å². The molecule has 0 atom stereocenters. The molecule has 0 bridgehead atoms. The zero-order valence-electron chi connectivity index (χ0n) is 3.03. The quantitative estimate of drug-likeness (QED) is 0.481. The number of halogens is 1. The zero-order valence-corrected chi connectivity index (χ0v) is 3.03. The Labute approximate surface area is 34.8 Å². The molecule has 0 saturated carbocycles. The molecule has 31 valence electrons. The van der Waals surface area contributed by atoms with Crippen LogP contribution in [-0.4, -0.2) is 4.98 Å². The van der Waals surface area contributed by atoms with E-state index in [0.717, 1.165) is 0 Å². The lowest BCUT2D eigenvalue weighted by atomic mass is 10.7. The van der Waals surface area contributed by atoms with E-state index < -0.39 is 0 Å². The molecule has 0 aliphatic rings. The van der Waals surface area contributed by atoms with Crippen LogP contribution in [0.3, 0.4) is 0 Å². The predicted molar refractivity (Wildman–Crippen MR) is 19.6 cm³/mol. The van der Waals surface area contributed by atoms with Gasteiger partial charge in [0.1, 0.15) is 0 Å². The standard InChI is InChI=1S/C4H3FN/c5-4-2-1-3-6-4/h2-3,6H. The summed E-state index contributed by atoms with van der Waals surface area (Å²) in [5.74, 6) is -0.338. The van der Waals surface area contributed by atoms with Crippen molar-refractivity contribution >= 4 is 0 Å². The van der Waals surface area contributed by atoms with Crippen LogP contribution in [0.25, 0.3) is 0 Å². The second-order valence-electron chi connectivity index (χ2n) is 0.948. The van der Waals surface area contributed by atoms with E-state index in [1.807, 2.05) is 0 Å². The summed E-state index contributed by atoms with van der Waals surface area (Å²) in [7, 11) is 0. The van der Waals surface area contributed by atoms with Crippen LogP contribution in [0.4, 0.5) is 4.39 Å². The summed E-state index contributed by atoms with van der Waals surface area (Å²) < 4.78 is 11.6. The third kappa shape index (κ3) is 0.407. The average molecular weight is 84.1 g/mol. The fourth-order valence-electron chi connectivity index (χ4n) is 0.267. The van der Waals surface area contributed by atoms with E-state index in [1.165, 1.54) is 12.3 Å². The largest absolute Gasteiger partial charge is 0.338 e. The fraction of sp³-hybridized carbons (Fsp3) is 0. The van der Waals surface area contributed by atoms with Gasteiger partial charge in [-0.2, -0.15) is 4.39 Å². The first kappa shape index (κ1) is 3.40. The number of nitrogens with one attached hydrogen (secondary N) is 1. The van der Waals surface area contributed by atoms with E-state index in [-0.39, 0.29) is 5.95 Å². The normalized spacial score (nSPS) is 8.83. The molecular formula is C4H3FN. The first-order valence-corrected chi connectivity index (χ1v) is 1.59. The number of hydrogen-bond acceptors (Lipinski definition) is 0. The van der Waals surface area contributed by atoms with Gasteiger partial charge in [0.15, 0.2) is 5.95 Å². The summed E-state index contributed by atoms with van der Waals surface area (Å²) in [5, 5.41) is 0. The van der Waals surface area contributed by atoms with E-state index in [9.17, 15) is 4.39 Å². The molecule has 0 spiro atoms. The van der Waals surface area contributed by atoms with Gasteiger partial charge in [0.2, 0.25) is 0 Å². The molecule has 1 nitrogen and oxygen atoms in total. The molecule has 0 aliphatic carbocycles. The summed E-state index contributed by atoms with van der Waals surface area (Å²) in [4.78, 5) is 2.28. The van der Waals surface area contributed by atoms with Gasteiger partial charge in [-0.1, -0.05) is 0 Å². The summed E-state index contributed by atoms with van der Waals surface area (Å²) in [6.07, 6.45) is 1.41. The van der Waals surface area contributed by atoms with Crippen molar-refractivity contribution in [1.82, 2.24) is 4.98 Å². The summed E-state index contributed by atoms with van der Waals surface area (Å²) in [6.45, 7) is 0. The van der Waals surface area contributed by atoms with Gasteiger partial charge >= 0.3 is 0 Å². The van der Waals surface area contributed by atoms with Crippen LogP contribution >= 0.6 is 0 Å². The molecule has 0 saturated heterocycles. The van der Waals surface area contributed by atoms with Crippen LogP contribution in [0.15, 0.2) is 12.3 Å². The Kier molecular flexibility index (Phi) is 0.638. The van der Waals surface area contributed by atoms with E-state index >= 15 is 0 Å². The third-order valence-electron chi connectivity index (χ3n) is 0.503. The van der Waals surface area contributed by atoms with E-state index in [2.05, 4.69) is 11.1 Å². The number of aromatic nitrogens is 1. The topological polar surface area (TPSA) is 15.8 Å². The molecule has 0 fully saturated rings. The highest BCUT2D eigenvalue weighted by Crippen LogP contribution is 1.85. The molecule has 0 aromatic carbocycles. The number of H-pyrrole nitrogens is 1. The fourth-order valence-corrected chi connectivity index (χ4v) is 0.267. The maximum Gasteiger partial charge on any atom is 0.191 e. The van der Waals surface area contributed by atoms with Crippen LogP contribution in [0, 0.1) is 12.0 Å². The molecule has 1 aromatic rings. The second kappa shape index (κ2) is 1.12. The molecule has 0 aliphatic heterocycles. The highest BCUT2D eigenvalue weighted by molar-refractivity contribution is 4.86. The third-order valence-corrected chi connectivity index (χ3v) is 0.503. The molecule has 2 heteroatoms. The van der Waals surface area contributed by atoms with E-state index in [1.54, 1.807) is 0 Å². The maximum atomic E-state index is 11.6. The van der Waals surface area contributed by atoms with Crippen LogP contribution in [0.5, 0.6) is 0 Å². The van der Waals surface area contributed by atoms with Gasteiger partial charge in [-0.15, -0.1) is 0 Å². The first-order valence-electron chi connectivity index (χ1n) is 1.59. The lowest BCUT2D eigenvalue weighted by Crippen LogP contribution is -1.61. The summed E-state index contributed by atoms with van der Waals surface area (Å²) >= 11 is 0. The van der Waals surface area contributed by atoms with Crippen molar-refractivity contribution in [2.75, 3.05) is 0 Å². The molecule has 1 aromatic heterocycles. The monoisotopic (exact) mass is 84.0 g/mol. The van der Waals surface area contributed by atoms with Gasteiger partial charge in [-0.3, -0.25) is 0 Å². The molecule has 0 amide bonds. The van der Waals surface area contributed by atoms with Crippen molar-refractivity contribution in [1.29, 1.82) is 0 Å². The Morgan fingerprint density at radius 1 is 1.83 bits per heavy atom. The Morgan fingerprint density at radius 3 is 2.83 bits per heavy atom. The maximum absolute atomic E-state index is 11.6. The van der Waals surface area contributed by atoms with Crippen molar-refractivity contribution in [3.63, 3.8) is 0 Å². The first-order chi connectivity index (χ1) is 2.89. The van der Waals surface area contributed by atoms with Gasteiger partial charge < -0.3 is 4.98 Å². The van der Waals surface area contributed by atoms with Gasteiger partial charge in [0.25, 0.3) is 0 Å². The number of aromatic amines is 1. The van der Waals surface area contributed by atoms with Crippen molar-refractivity contribution < 1.29 is 4.39 Å². The van der Waals surface area contributed by atoms with Crippen molar-refractivity contribution in [2.24, 2.45) is 0 Å². The van der Waals surface area contributed by atoms with E-state index in [4.69, 9.17) is 0 Å². The predicted octanol–water partition coefficient (Wildman–Crippen LogP) is 0.954. The lowest BCUT2D eigenvalue weighted by Gasteiger charge is -1.64. The van der Waals surface area contributed by atoms with Crippen molar-refractivity contribution in [2.45, 2.75) is 0 Å². The summed E-state index contributed by atoms with van der Waals surface area (Å²) in [6, 6.07) is 3.73. The smallest absolute Gasteiger partial charge is 0.191 e. The molecule has 0 unspecified atom stereocenters. The van der Waals surface area contributed by atoms with Gasteiger partial charge in [-0.05, 0) is 0 Å². The van der Waals surface area contributed by atoms with Crippen LogP contribution in [0.1, 0.15) is 0 Å². The highest BCUT2D eigenvalue weighted by Gasteiger charge is 1.78. The molecule has 6 heavy (non-hydrogen) atoms. The summed E-state index contributed by atoms with van der Waals surface area (Å²) in [5.41, 5.74) is 0. The van der Waals surface area contributed by atoms with Crippen LogP contribution in [-0.2, 0) is 0 Å². The Balaban J connectivity index is 3.05. The Bertz CT molecular complexity index is 111. The average Bonchev–Trinajstić information content (AvgIpc) is 1.86. The zero-order chi connectivity index (χ0) is 4.41. The van der Waals surface area contributed by atoms with Crippen LogP contribution < -0.4 is 0 Å². The van der Waals surface area contributed by atoms with Gasteiger partial charge in [0, 0.05) is 18.3 Å². The Hall–Kier alpha value is -0.790. The van der Waals surface area contributed by atoms with Gasteiger partial charge in [-0.25, -0.2) is 0 Å². The van der Waals surface area contributed by atoms with E-state index in [0.29, 0.717) is 0 Å². The molecule has 1 radical (unpaired) electrons. The molecule has 1 rings (SSSR count). The SMILES string of the molecule is Fc1c[c]c[nH]1. The molecule has 1 N–H and O–H groups in total.